The van der Waals surface area contributed by atoms with Crippen LogP contribution in [0.25, 0.3) is 34.1 Å². The van der Waals surface area contributed by atoms with Crippen LogP contribution >= 0.6 is 0 Å². The molecular weight excluding hydrogens is 412 g/mol. The SMILES string of the molecule is CS(=O)(=O)Nc1ccc(-c2cc(N)n3ncc(-c4cnc5c(c4)C=CCC5)c3n2)cc1. The van der Waals surface area contributed by atoms with Crippen molar-refractivity contribution < 1.29 is 8.42 Å². The first-order chi connectivity index (χ1) is 14.9. The molecule has 9 heteroatoms. The molecule has 3 heterocycles. The number of nitrogen functional groups attached to an aromatic ring is 1. The van der Waals surface area contributed by atoms with Crippen molar-refractivity contribution in [3.05, 3.63) is 66.1 Å². The van der Waals surface area contributed by atoms with E-state index >= 15 is 0 Å². The number of nitrogens with one attached hydrogen (secondary N) is 1. The van der Waals surface area contributed by atoms with Crippen LogP contribution in [0.1, 0.15) is 17.7 Å². The molecule has 5 rings (SSSR count). The van der Waals surface area contributed by atoms with Crippen molar-refractivity contribution in [1.82, 2.24) is 19.6 Å². The number of anilines is 2. The first-order valence-electron chi connectivity index (χ1n) is 9.76. The van der Waals surface area contributed by atoms with Crippen LogP contribution < -0.4 is 10.5 Å². The molecule has 0 bridgehead atoms. The number of fused-ring (bicyclic) bond motifs is 2. The highest BCUT2D eigenvalue weighted by molar-refractivity contribution is 7.92. The number of hydrogen-bond acceptors (Lipinski definition) is 6. The quantitative estimate of drug-likeness (QED) is 0.511. The number of aryl methyl sites for hydroxylation is 1. The van der Waals surface area contributed by atoms with Gasteiger partial charge in [0.15, 0.2) is 5.65 Å². The Balaban J connectivity index is 1.57. The molecule has 0 unspecified atom stereocenters. The fraction of sp³-hybridized carbons (Fsp3) is 0.136. The number of hydrogen-bond donors (Lipinski definition) is 2. The Kier molecular flexibility index (Phi) is 4.48. The van der Waals surface area contributed by atoms with E-state index in [9.17, 15) is 8.42 Å². The zero-order valence-corrected chi connectivity index (χ0v) is 17.6. The Morgan fingerprint density at radius 2 is 1.90 bits per heavy atom. The van der Waals surface area contributed by atoms with Gasteiger partial charge in [-0.25, -0.2) is 13.4 Å². The van der Waals surface area contributed by atoms with E-state index in [1.54, 1.807) is 41.0 Å². The number of pyridine rings is 1. The van der Waals surface area contributed by atoms with Gasteiger partial charge in [-0.1, -0.05) is 24.3 Å². The maximum absolute atomic E-state index is 11.4. The predicted molar refractivity (Wildman–Crippen MR) is 122 cm³/mol. The lowest BCUT2D eigenvalue weighted by molar-refractivity contribution is 0.607. The minimum Gasteiger partial charge on any atom is -0.384 e. The van der Waals surface area contributed by atoms with Gasteiger partial charge in [0.25, 0.3) is 0 Å². The van der Waals surface area contributed by atoms with Crippen molar-refractivity contribution in [2.75, 3.05) is 16.7 Å². The summed E-state index contributed by atoms with van der Waals surface area (Å²) in [5.41, 5.74) is 12.8. The van der Waals surface area contributed by atoms with E-state index in [1.807, 2.05) is 6.20 Å². The van der Waals surface area contributed by atoms with Crippen LogP contribution in [-0.4, -0.2) is 34.3 Å². The van der Waals surface area contributed by atoms with Crippen LogP contribution in [0.3, 0.4) is 0 Å². The fourth-order valence-corrected chi connectivity index (χ4v) is 4.27. The third kappa shape index (κ3) is 3.75. The third-order valence-corrected chi connectivity index (χ3v) is 5.75. The summed E-state index contributed by atoms with van der Waals surface area (Å²) in [4.78, 5) is 9.42. The van der Waals surface area contributed by atoms with E-state index in [1.165, 1.54) is 0 Å². The summed E-state index contributed by atoms with van der Waals surface area (Å²) >= 11 is 0. The van der Waals surface area contributed by atoms with Gasteiger partial charge < -0.3 is 5.73 Å². The monoisotopic (exact) mass is 432 g/mol. The summed E-state index contributed by atoms with van der Waals surface area (Å²) in [5.74, 6) is 0.454. The molecule has 1 aromatic carbocycles. The van der Waals surface area contributed by atoms with Gasteiger partial charge in [0, 0.05) is 40.3 Å². The second-order valence-electron chi connectivity index (χ2n) is 7.51. The topological polar surface area (TPSA) is 115 Å². The zero-order valence-electron chi connectivity index (χ0n) is 16.8. The number of rotatable bonds is 4. The minimum atomic E-state index is -3.33. The lowest BCUT2D eigenvalue weighted by atomic mass is 10.00. The molecule has 31 heavy (non-hydrogen) atoms. The summed E-state index contributed by atoms with van der Waals surface area (Å²) in [6, 6.07) is 10.8. The van der Waals surface area contributed by atoms with Gasteiger partial charge in [0.05, 0.1) is 18.1 Å². The lowest BCUT2D eigenvalue weighted by Gasteiger charge is -2.11. The number of nitrogens with two attached hydrogens (primary N) is 1. The van der Waals surface area contributed by atoms with Crippen LogP contribution in [0.15, 0.2) is 54.9 Å². The van der Waals surface area contributed by atoms with Crippen molar-refractivity contribution >= 4 is 33.3 Å². The minimum absolute atomic E-state index is 0.454. The number of benzene rings is 1. The summed E-state index contributed by atoms with van der Waals surface area (Å²) in [5, 5.41) is 4.40. The molecule has 0 spiro atoms. The summed E-state index contributed by atoms with van der Waals surface area (Å²) in [7, 11) is -3.33. The van der Waals surface area contributed by atoms with Crippen LogP contribution in [0, 0.1) is 0 Å². The molecule has 8 nitrogen and oxygen atoms in total. The molecule has 0 saturated carbocycles. The molecule has 4 aromatic rings. The highest BCUT2D eigenvalue weighted by Crippen LogP contribution is 2.30. The predicted octanol–water partition coefficient (Wildman–Crippen LogP) is 3.37. The number of nitrogens with zero attached hydrogens (tertiary/aromatic N) is 4. The maximum atomic E-state index is 11.4. The normalized spacial score (nSPS) is 13.3. The average Bonchev–Trinajstić information content (AvgIpc) is 3.17. The van der Waals surface area contributed by atoms with E-state index in [0.29, 0.717) is 22.8 Å². The third-order valence-electron chi connectivity index (χ3n) is 5.14. The summed E-state index contributed by atoms with van der Waals surface area (Å²) < 4.78 is 26.9. The largest absolute Gasteiger partial charge is 0.384 e. The highest BCUT2D eigenvalue weighted by atomic mass is 32.2. The molecule has 1 aliphatic carbocycles. The molecular formula is C22H20N6O2S. The van der Waals surface area contributed by atoms with Crippen molar-refractivity contribution in [3.8, 4) is 22.4 Å². The van der Waals surface area contributed by atoms with Gasteiger partial charge in [-0.15, -0.1) is 0 Å². The van der Waals surface area contributed by atoms with Crippen molar-refractivity contribution in [1.29, 1.82) is 0 Å². The Hall–Kier alpha value is -3.72. The Morgan fingerprint density at radius 1 is 1.10 bits per heavy atom. The molecule has 156 valence electrons. The second kappa shape index (κ2) is 7.21. The van der Waals surface area contributed by atoms with Gasteiger partial charge >= 0.3 is 0 Å². The zero-order chi connectivity index (χ0) is 21.6. The van der Waals surface area contributed by atoms with Crippen molar-refractivity contribution in [3.63, 3.8) is 0 Å². The van der Waals surface area contributed by atoms with Crippen LogP contribution in [0.5, 0.6) is 0 Å². The van der Waals surface area contributed by atoms with Gasteiger partial charge in [0.2, 0.25) is 10.0 Å². The molecule has 0 atom stereocenters. The lowest BCUT2D eigenvalue weighted by Crippen LogP contribution is -2.09. The van der Waals surface area contributed by atoms with Crippen LogP contribution in [-0.2, 0) is 16.4 Å². The number of aromatic nitrogens is 4. The van der Waals surface area contributed by atoms with Gasteiger partial charge in [-0.3, -0.25) is 9.71 Å². The molecule has 3 aromatic heterocycles. The molecule has 0 radical (unpaired) electrons. The smallest absolute Gasteiger partial charge is 0.229 e. The molecule has 0 saturated heterocycles. The fourth-order valence-electron chi connectivity index (χ4n) is 3.70. The summed E-state index contributed by atoms with van der Waals surface area (Å²) in [6.07, 6.45) is 10.9. The molecule has 0 fully saturated rings. The Labute approximate surface area is 179 Å². The molecule has 3 N–H and O–H groups in total. The van der Waals surface area contributed by atoms with E-state index in [0.717, 1.165) is 47.0 Å². The highest BCUT2D eigenvalue weighted by Gasteiger charge is 2.15. The molecule has 0 aliphatic heterocycles. The van der Waals surface area contributed by atoms with E-state index in [4.69, 9.17) is 10.7 Å². The molecule has 1 aliphatic rings. The molecule has 0 amide bonds. The van der Waals surface area contributed by atoms with Gasteiger partial charge in [-0.2, -0.15) is 9.61 Å². The van der Waals surface area contributed by atoms with E-state index in [-0.39, 0.29) is 0 Å². The standard InChI is InChI=1S/C22H20N6O2S/c1-31(29,30)27-17-8-6-14(7-9-17)20-11-21(23)28-22(26-20)18(13-25-28)16-10-15-4-2-3-5-19(15)24-12-16/h2,4,6-13,27H,3,5,23H2,1H3. The van der Waals surface area contributed by atoms with E-state index < -0.39 is 10.0 Å². The number of sulfonamides is 1. The van der Waals surface area contributed by atoms with Crippen molar-refractivity contribution in [2.45, 2.75) is 12.8 Å². The Bertz CT molecular complexity index is 1440. The first-order valence-corrected chi connectivity index (χ1v) is 11.6. The van der Waals surface area contributed by atoms with Crippen LogP contribution in [0.2, 0.25) is 0 Å². The Morgan fingerprint density at radius 3 is 2.68 bits per heavy atom. The van der Waals surface area contributed by atoms with Crippen molar-refractivity contribution in [2.24, 2.45) is 0 Å². The average molecular weight is 433 g/mol. The summed E-state index contributed by atoms with van der Waals surface area (Å²) in [6.45, 7) is 0. The van der Waals surface area contributed by atoms with Gasteiger partial charge in [0.1, 0.15) is 5.82 Å². The second-order valence-corrected chi connectivity index (χ2v) is 9.26. The first kappa shape index (κ1) is 19.3. The van der Waals surface area contributed by atoms with E-state index in [2.05, 4.69) is 33.0 Å². The number of allylic oxidation sites excluding steroid dienone is 1. The van der Waals surface area contributed by atoms with Crippen LogP contribution in [0.4, 0.5) is 11.5 Å². The maximum Gasteiger partial charge on any atom is 0.229 e. The van der Waals surface area contributed by atoms with Gasteiger partial charge in [-0.05, 0) is 36.6 Å².